The van der Waals surface area contributed by atoms with Crippen molar-refractivity contribution in [3.63, 3.8) is 0 Å². The number of phenolic OH excluding ortho intramolecular Hbond substituents is 1. The van der Waals surface area contributed by atoms with Crippen LogP contribution < -0.4 is 10.9 Å². The second-order valence-electron chi connectivity index (χ2n) is 8.69. The highest BCUT2D eigenvalue weighted by Crippen LogP contribution is 2.37. The number of phenols is 1. The average Bonchev–Trinajstić information content (AvgIpc) is 3.50. The molecule has 9 nitrogen and oxygen atoms in total. The molecule has 0 amide bonds. The minimum atomic E-state index is -0.375. The number of nitrogens with one attached hydrogen (secondary N) is 2. The van der Waals surface area contributed by atoms with E-state index in [1.54, 1.807) is 27.4 Å². The lowest BCUT2D eigenvalue weighted by atomic mass is 10.2. The molecule has 0 fully saturated rings. The number of nitrogens with zero attached hydrogens (tertiary/aromatic N) is 5. The lowest BCUT2D eigenvalue weighted by Crippen LogP contribution is -2.29. The largest absolute Gasteiger partial charge is 0.508 e. The summed E-state index contributed by atoms with van der Waals surface area (Å²) in [6.45, 7) is 3.86. The Kier molecular flexibility index (Phi) is 5.65. The van der Waals surface area contributed by atoms with Crippen LogP contribution in [0.5, 0.6) is 5.75 Å². The van der Waals surface area contributed by atoms with Gasteiger partial charge in [-0.2, -0.15) is 5.10 Å². The van der Waals surface area contributed by atoms with Crippen molar-refractivity contribution in [2.24, 2.45) is 0 Å². The molecule has 0 spiro atoms. The van der Waals surface area contributed by atoms with Gasteiger partial charge in [-0.1, -0.05) is 30.0 Å². The van der Waals surface area contributed by atoms with E-state index in [0.717, 1.165) is 26.4 Å². The van der Waals surface area contributed by atoms with Gasteiger partial charge in [0, 0.05) is 22.2 Å². The lowest BCUT2D eigenvalue weighted by Gasteiger charge is -2.20. The number of benzene rings is 2. The minimum absolute atomic E-state index is 0.134. The van der Waals surface area contributed by atoms with E-state index in [4.69, 9.17) is 5.10 Å². The average molecular weight is 510 g/mol. The maximum absolute atomic E-state index is 13.7. The van der Waals surface area contributed by atoms with E-state index in [1.165, 1.54) is 18.1 Å². The Hall–Kier alpha value is -4.57. The molecule has 1 unspecified atom stereocenters. The molecule has 0 aliphatic rings. The molecule has 4 aromatic heterocycles. The summed E-state index contributed by atoms with van der Waals surface area (Å²) in [7, 11) is 0. The van der Waals surface area contributed by atoms with Crippen LogP contribution in [0.4, 0.5) is 5.82 Å². The number of para-hydroxylation sites is 1. The molecule has 2 aromatic carbocycles. The van der Waals surface area contributed by atoms with Gasteiger partial charge in [-0.15, -0.1) is 0 Å². The van der Waals surface area contributed by atoms with Gasteiger partial charge in [0.25, 0.3) is 5.56 Å². The van der Waals surface area contributed by atoms with Crippen LogP contribution >= 0.6 is 11.8 Å². The summed E-state index contributed by atoms with van der Waals surface area (Å²) in [6, 6.07) is 18.1. The second-order valence-corrected chi connectivity index (χ2v) is 9.80. The maximum atomic E-state index is 13.7. The fraction of sp³-hybridized carbons (Fsp3) is 0.111. The molecule has 184 valence electrons. The van der Waals surface area contributed by atoms with E-state index < -0.39 is 0 Å². The Labute approximate surface area is 215 Å². The highest BCUT2D eigenvalue weighted by molar-refractivity contribution is 7.99. The van der Waals surface area contributed by atoms with Crippen LogP contribution in [0.25, 0.3) is 22.2 Å². The molecule has 0 aliphatic carbocycles. The molecule has 1 atom stereocenters. The van der Waals surface area contributed by atoms with Gasteiger partial charge in [0.1, 0.15) is 29.1 Å². The summed E-state index contributed by atoms with van der Waals surface area (Å²) < 4.78 is 3.30. The summed E-state index contributed by atoms with van der Waals surface area (Å²) in [4.78, 5) is 27.7. The number of rotatable bonds is 6. The molecule has 10 heteroatoms. The van der Waals surface area contributed by atoms with Crippen molar-refractivity contribution in [3.8, 4) is 11.4 Å². The normalized spacial score (nSPS) is 12.3. The third-order valence-electron chi connectivity index (χ3n) is 6.17. The van der Waals surface area contributed by atoms with Gasteiger partial charge in [-0.3, -0.25) is 9.36 Å². The summed E-state index contributed by atoms with van der Waals surface area (Å²) in [5, 5.41) is 18.8. The molecule has 6 rings (SSSR count). The fourth-order valence-corrected chi connectivity index (χ4v) is 5.31. The number of hydrogen-bond donors (Lipinski definition) is 3. The smallest absolute Gasteiger partial charge is 0.282 e. The summed E-state index contributed by atoms with van der Waals surface area (Å²) in [6.07, 6.45) is 5.19. The monoisotopic (exact) mass is 509 g/mol. The first-order chi connectivity index (χ1) is 18.0. The van der Waals surface area contributed by atoms with Crippen LogP contribution in [0.1, 0.15) is 24.4 Å². The van der Waals surface area contributed by atoms with Crippen molar-refractivity contribution in [1.29, 1.82) is 0 Å². The first-order valence-corrected chi connectivity index (χ1v) is 12.5. The molecular formula is C27H23N7O2S. The number of anilines is 1. The van der Waals surface area contributed by atoms with Gasteiger partial charge in [-0.25, -0.2) is 14.5 Å². The van der Waals surface area contributed by atoms with Gasteiger partial charge in [0.2, 0.25) is 0 Å². The summed E-state index contributed by atoms with van der Waals surface area (Å²) >= 11 is 1.54. The molecule has 0 saturated heterocycles. The number of aryl methyl sites for hydroxylation is 1. The van der Waals surface area contributed by atoms with E-state index in [1.807, 2.05) is 68.6 Å². The quantitative estimate of drug-likeness (QED) is 0.286. The molecule has 0 bridgehead atoms. The van der Waals surface area contributed by atoms with E-state index in [0.29, 0.717) is 22.8 Å². The molecule has 0 saturated carbocycles. The van der Waals surface area contributed by atoms with Crippen LogP contribution in [-0.2, 0) is 0 Å². The van der Waals surface area contributed by atoms with Crippen LogP contribution in [-0.4, -0.2) is 34.2 Å². The molecule has 4 heterocycles. The third kappa shape index (κ3) is 4.11. The summed E-state index contributed by atoms with van der Waals surface area (Å²) in [5.74, 6) is 1.39. The third-order valence-corrected chi connectivity index (χ3v) is 7.22. The van der Waals surface area contributed by atoms with Crippen LogP contribution in [0.3, 0.4) is 0 Å². The molecule has 6 aromatic rings. The predicted molar refractivity (Wildman–Crippen MR) is 144 cm³/mol. The van der Waals surface area contributed by atoms with Crippen molar-refractivity contribution >= 4 is 34.1 Å². The first kappa shape index (κ1) is 22.9. The van der Waals surface area contributed by atoms with E-state index in [-0.39, 0.29) is 17.4 Å². The Bertz CT molecular complexity index is 1790. The Balaban J connectivity index is 1.44. The lowest BCUT2D eigenvalue weighted by molar-refractivity contribution is 0.475. The van der Waals surface area contributed by atoms with E-state index in [9.17, 15) is 9.90 Å². The van der Waals surface area contributed by atoms with Crippen molar-refractivity contribution in [3.05, 3.63) is 101 Å². The van der Waals surface area contributed by atoms with Crippen molar-refractivity contribution in [1.82, 2.24) is 29.1 Å². The number of fused-ring (bicyclic) bond motifs is 2. The Morgan fingerprint density at radius 3 is 2.62 bits per heavy atom. The van der Waals surface area contributed by atoms with Crippen LogP contribution in [0.2, 0.25) is 0 Å². The first-order valence-electron chi connectivity index (χ1n) is 11.7. The van der Waals surface area contributed by atoms with Gasteiger partial charge >= 0.3 is 0 Å². The van der Waals surface area contributed by atoms with Crippen LogP contribution in [0.15, 0.2) is 94.0 Å². The molecule has 3 N–H and O–H groups in total. The Morgan fingerprint density at radius 1 is 1.05 bits per heavy atom. The van der Waals surface area contributed by atoms with Crippen molar-refractivity contribution in [2.45, 2.75) is 29.7 Å². The molecule has 0 aliphatic heterocycles. The van der Waals surface area contributed by atoms with Gasteiger partial charge in [-0.05, 0) is 61.9 Å². The number of hydrogen-bond acceptors (Lipinski definition) is 7. The molecule has 0 radical (unpaired) electrons. The predicted octanol–water partition coefficient (Wildman–Crippen LogP) is 5.09. The zero-order chi connectivity index (χ0) is 25.5. The van der Waals surface area contributed by atoms with Gasteiger partial charge in [0.05, 0.1) is 17.1 Å². The SMILES string of the molecule is Cc1ccn2nc(C(C)Nc3ncnc4[nH]cc(Sc5ccc(O)cc5)c34)n(-c3ccccc3)c(=O)c12. The fourth-order valence-electron chi connectivity index (χ4n) is 4.37. The minimum Gasteiger partial charge on any atom is -0.508 e. The highest BCUT2D eigenvalue weighted by Gasteiger charge is 2.21. The topological polar surface area (TPSA) is 113 Å². The van der Waals surface area contributed by atoms with E-state index in [2.05, 4.69) is 20.3 Å². The van der Waals surface area contributed by atoms with E-state index >= 15 is 0 Å². The van der Waals surface area contributed by atoms with Crippen LogP contribution in [0, 0.1) is 6.92 Å². The highest BCUT2D eigenvalue weighted by atomic mass is 32.2. The molecule has 37 heavy (non-hydrogen) atoms. The Morgan fingerprint density at radius 2 is 1.84 bits per heavy atom. The summed E-state index contributed by atoms with van der Waals surface area (Å²) in [5.41, 5.74) is 2.71. The van der Waals surface area contributed by atoms with Gasteiger partial charge < -0.3 is 15.4 Å². The number of aromatic amines is 1. The van der Waals surface area contributed by atoms with Gasteiger partial charge in [0.15, 0.2) is 5.82 Å². The second kappa shape index (κ2) is 9.14. The maximum Gasteiger partial charge on any atom is 0.282 e. The molecular weight excluding hydrogens is 486 g/mol. The van der Waals surface area contributed by atoms with Crippen molar-refractivity contribution < 1.29 is 5.11 Å². The zero-order valence-corrected chi connectivity index (χ0v) is 20.9. The zero-order valence-electron chi connectivity index (χ0n) is 20.1. The number of H-pyrrole nitrogens is 1. The standard InChI is InChI=1S/C27H23N7O2S/c1-16-12-13-33-23(16)27(36)34(18-6-4-3-5-7-18)26(32-33)17(2)31-25-22-21(14-28-24(22)29-15-30-25)37-20-10-8-19(35)9-11-20/h3-15,17,35H,1-2H3,(H2,28,29,30,31). The number of aromatic nitrogens is 6. The number of aromatic hydroxyl groups is 1. The van der Waals surface area contributed by atoms with Crippen molar-refractivity contribution in [2.75, 3.05) is 5.32 Å².